The van der Waals surface area contributed by atoms with Crippen LogP contribution in [-0.2, 0) is 11.0 Å². The van der Waals surface area contributed by atoms with Gasteiger partial charge in [-0.15, -0.1) is 0 Å². The Bertz CT molecular complexity index is 1290. The van der Waals surface area contributed by atoms with Crippen molar-refractivity contribution in [3.05, 3.63) is 94.8 Å². The second-order valence-corrected chi connectivity index (χ2v) is 11.2. The van der Waals surface area contributed by atoms with Crippen LogP contribution in [0.4, 0.5) is 17.6 Å². The Morgan fingerprint density at radius 1 is 0.923 bits per heavy atom. The van der Waals surface area contributed by atoms with Gasteiger partial charge < -0.3 is 5.11 Å². The highest BCUT2D eigenvalue weighted by Gasteiger charge is 2.33. The predicted molar refractivity (Wildman–Crippen MR) is 143 cm³/mol. The van der Waals surface area contributed by atoms with Crippen LogP contribution in [0.1, 0.15) is 73.2 Å². The first-order chi connectivity index (χ1) is 18.6. The summed E-state index contributed by atoms with van der Waals surface area (Å²) >= 11 is 0. The molecule has 0 bridgehead atoms. The Hall–Kier alpha value is -3.19. The van der Waals surface area contributed by atoms with Crippen LogP contribution in [0.3, 0.4) is 0 Å². The number of alkyl halides is 3. The van der Waals surface area contributed by atoms with Gasteiger partial charge in [-0.3, -0.25) is 9.69 Å². The minimum absolute atomic E-state index is 0.254. The van der Waals surface area contributed by atoms with Crippen molar-refractivity contribution in [1.29, 1.82) is 0 Å². The lowest BCUT2D eigenvalue weighted by Crippen LogP contribution is -2.37. The molecule has 2 fully saturated rings. The third kappa shape index (κ3) is 6.35. The Morgan fingerprint density at radius 3 is 2.10 bits per heavy atom. The minimum Gasteiger partial charge on any atom is -0.481 e. The monoisotopic (exact) mass is 539 g/mol. The summed E-state index contributed by atoms with van der Waals surface area (Å²) in [5.41, 5.74) is 2.97. The van der Waals surface area contributed by atoms with E-state index in [4.69, 9.17) is 0 Å². The topological polar surface area (TPSA) is 40.5 Å². The average Bonchev–Trinajstić information content (AvgIpc) is 3.74. The zero-order valence-corrected chi connectivity index (χ0v) is 21.9. The van der Waals surface area contributed by atoms with E-state index in [2.05, 4.69) is 11.8 Å². The zero-order chi connectivity index (χ0) is 27.7. The number of likely N-dealkylation sites (tertiary alicyclic amines) is 1. The third-order valence-corrected chi connectivity index (χ3v) is 8.23. The van der Waals surface area contributed by atoms with Crippen molar-refractivity contribution in [3.8, 4) is 11.1 Å². The number of benzene rings is 3. The Labute approximate surface area is 226 Å². The third-order valence-electron chi connectivity index (χ3n) is 8.23. The number of nitrogens with zero attached hydrogens (tertiary/aromatic N) is 1. The van der Waals surface area contributed by atoms with Crippen molar-refractivity contribution in [1.82, 2.24) is 4.90 Å². The summed E-state index contributed by atoms with van der Waals surface area (Å²) in [6, 6.07) is 16.8. The van der Waals surface area contributed by atoms with Crippen LogP contribution in [0, 0.1) is 17.7 Å². The summed E-state index contributed by atoms with van der Waals surface area (Å²) < 4.78 is 53.9. The van der Waals surface area contributed by atoms with Gasteiger partial charge in [-0.05, 0) is 102 Å². The van der Waals surface area contributed by atoms with Gasteiger partial charge in [0.2, 0.25) is 0 Å². The van der Waals surface area contributed by atoms with E-state index < -0.39 is 23.6 Å². The predicted octanol–water partition coefficient (Wildman–Crippen LogP) is 8.30. The van der Waals surface area contributed by atoms with Crippen molar-refractivity contribution in [2.75, 3.05) is 13.1 Å². The molecule has 0 aromatic heterocycles. The van der Waals surface area contributed by atoms with Crippen molar-refractivity contribution < 1.29 is 27.5 Å². The molecule has 0 unspecified atom stereocenters. The number of piperidine rings is 1. The van der Waals surface area contributed by atoms with Crippen LogP contribution in [0.5, 0.6) is 0 Å². The molecule has 3 nitrogen and oxygen atoms in total. The van der Waals surface area contributed by atoms with E-state index in [1.807, 2.05) is 18.2 Å². The molecule has 1 aliphatic heterocycles. The van der Waals surface area contributed by atoms with Gasteiger partial charge in [0, 0.05) is 0 Å². The molecule has 1 aliphatic carbocycles. The highest BCUT2D eigenvalue weighted by molar-refractivity contribution is 5.78. The summed E-state index contributed by atoms with van der Waals surface area (Å²) in [4.78, 5) is 14.6. The summed E-state index contributed by atoms with van der Waals surface area (Å²) in [6.45, 7) is 3.88. The van der Waals surface area contributed by atoms with E-state index in [9.17, 15) is 27.5 Å². The number of carboxylic acids is 1. The molecule has 0 amide bonds. The summed E-state index contributed by atoms with van der Waals surface area (Å²) in [6.07, 6.45) is 0.151. The van der Waals surface area contributed by atoms with Crippen LogP contribution in [0.15, 0.2) is 66.7 Å². The number of aliphatic carboxylic acids is 1. The molecule has 2 atom stereocenters. The van der Waals surface area contributed by atoms with Crippen LogP contribution in [0.25, 0.3) is 11.1 Å². The number of carbonyl (C=O) groups is 1. The van der Waals surface area contributed by atoms with Crippen molar-refractivity contribution in [3.63, 3.8) is 0 Å². The lowest BCUT2D eigenvalue weighted by molar-refractivity contribution is -0.139. The van der Waals surface area contributed by atoms with Crippen molar-refractivity contribution in [2.24, 2.45) is 11.8 Å². The van der Waals surface area contributed by atoms with Gasteiger partial charge in [0.15, 0.2) is 0 Å². The molecule has 1 saturated carbocycles. The highest BCUT2D eigenvalue weighted by Crippen LogP contribution is 2.43. The van der Waals surface area contributed by atoms with E-state index in [-0.39, 0.29) is 11.9 Å². The van der Waals surface area contributed by atoms with E-state index >= 15 is 0 Å². The molecule has 39 heavy (non-hydrogen) atoms. The number of rotatable bonds is 8. The Morgan fingerprint density at radius 2 is 1.54 bits per heavy atom. The molecule has 7 heteroatoms. The smallest absolute Gasteiger partial charge is 0.416 e. The summed E-state index contributed by atoms with van der Waals surface area (Å²) in [7, 11) is 0. The molecule has 3 aromatic rings. The van der Waals surface area contributed by atoms with E-state index in [1.54, 1.807) is 12.1 Å². The molecular weight excluding hydrogens is 506 g/mol. The van der Waals surface area contributed by atoms with Crippen molar-refractivity contribution >= 4 is 5.97 Å². The van der Waals surface area contributed by atoms with E-state index in [1.165, 1.54) is 24.3 Å². The molecule has 206 valence electrons. The van der Waals surface area contributed by atoms with Crippen molar-refractivity contribution in [2.45, 2.75) is 57.2 Å². The van der Waals surface area contributed by atoms with Gasteiger partial charge in [0.05, 0.1) is 17.5 Å². The molecule has 0 spiro atoms. The van der Waals surface area contributed by atoms with Crippen LogP contribution in [0.2, 0.25) is 0 Å². The van der Waals surface area contributed by atoms with Gasteiger partial charge >= 0.3 is 12.1 Å². The fourth-order valence-corrected chi connectivity index (χ4v) is 5.70. The van der Waals surface area contributed by atoms with Gasteiger partial charge in [-0.2, -0.15) is 13.2 Å². The second kappa shape index (κ2) is 11.1. The molecule has 0 radical (unpaired) electrons. The molecule has 1 heterocycles. The van der Waals surface area contributed by atoms with Gasteiger partial charge in [-0.25, -0.2) is 4.39 Å². The summed E-state index contributed by atoms with van der Waals surface area (Å²) in [5.74, 6) is -0.936. The maximum atomic E-state index is 13.9. The molecule has 1 N–H and O–H groups in total. The van der Waals surface area contributed by atoms with Crippen LogP contribution < -0.4 is 0 Å². The standard InChI is InChI=1S/C32H33F4NO2/c1-20-14-16-37(17-15-20)30(23-6-11-26(33)12-7-23)27-13-8-24(29(31(38)39)18-21-2-3-21)19-28(27)22-4-9-25(10-5-22)32(34,35)36/h4-13,19-21,29-30H,2-3,14-18H2,1H3,(H,38,39)/t29-,30-/m1/s1. The molecule has 2 aliphatic rings. The first-order valence-corrected chi connectivity index (χ1v) is 13.6. The largest absolute Gasteiger partial charge is 0.481 e. The second-order valence-electron chi connectivity index (χ2n) is 11.2. The Balaban J connectivity index is 1.65. The SMILES string of the molecule is CC1CCN([C@H](c2ccc(F)cc2)c2ccc([C@@H](CC3CC3)C(=O)O)cc2-c2ccc(C(F)(F)F)cc2)CC1. The Kier molecular flexibility index (Phi) is 7.81. The molecular formula is C32H33F4NO2. The molecule has 5 rings (SSSR count). The van der Waals surface area contributed by atoms with E-state index in [0.29, 0.717) is 34.9 Å². The fourth-order valence-electron chi connectivity index (χ4n) is 5.70. The first kappa shape index (κ1) is 27.4. The molecule has 1 saturated heterocycles. The minimum atomic E-state index is -4.46. The lowest BCUT2D eigenvalue weighted by Gasteiger charge is -2.38. The molecule has 3 aromatic carbocycles. The van der Waals surface area contributed by atoms with Gasteiger partial charge in [0.1, 0.15) is 5.82 Å². The van der Waals surface area contributed by atoms with Gasteiger partial charge in [0.25, 0.3) is 0 Å². The fraction of sp³-hybridized carbons (Fsp3) is 0.406. The number of hydrogen-bond acceptors (Lipinski definition) is 2. The quantitative estimate of drug-likeness (QED) is 0.293. The van der Waals surface area contributed by atoms with E-state index in [0.717, 1.165) is 62.0 Å². The maximum Gasteiger partial charge on any atom is 0.416 e. The first-order valence-electron chi connectivity index (χ1n) is 13.6. The number of hydrogen-bond donors (Lipinski definition) is 1. The number of halogens is 4. The lowest BCUT2D eigenvalue weighted by atomic mass is 9.84. The highest BCUT2D eigenvalue weighted by atomic mass is 19.4. The van der Waals surface area contributed by atoms with Gasteiger partial charge in [-0.1, -0.05) is 56.2 Å². The van der Waals surface area contributed by atoms with Crippen LogP contribution in [-0.4, -0.2) is 29.1 Å². The zero-order valence-electron chi connectivity index (χ0n) is 21.9. The normalized spacial score (nSPS) is 18.6. The van der Waals surface area contributed by atoms with Crippen LogP contribution >= 0.6 is 0 Å². The maximum absolute atomic E-state index is 13.9. The average molecular weight is 540 g/mol. The summed E-state index contributed by atoms with van der Waals surface area (Å²) in [5, 5.41) is 10.0. The number of carboxylic acid groups (broad SMARTS) is 1.